The Kier molecular flexibility index (Phi) is 5.10. The first-order valence-corrected chi connectivity index (χ1v) is 7.51. The van der Waals surface area contributed by atoms with Crippen molar-refractivity contribution >= 4 is 37.4 Å². The summed E-state index contributed by atoms with van der Waals surface area (Å²) in [6.07, 6.45) is 0. The molecule has 0 atom stereocenters. The number of hydrogen-bond acceptors (Lipinski definition) is 4. The van der Waals surface area contributed by atoms with Crippen LogP contribution in [-0.2, 0) is 14.6 Å². The molecule has 0 aliphatic carbocycles. The Hall–Kier alpha value is -0.920. The summed E-state index contributed by atoms with van der Waals surface area (Å²) in [5.74, 6) is -1.30. The molecule has 0 bridgehead atoms. The first kappa shape index (κ1) is 14.1. The second kappa shape index (κ2) is 6.13. The van der Waals surface area contributed by atoms with Crippen molar-refractivity contribution in [2.24, 2.45) is 5.73 Å². The Morgan fingerprint density at radius 1 is 1.35 bits per heavy atom. The molecule has 0 aromatic heterocycles. The summed E-state index contributed by atoms with van der Waals surface area (Å²) < 4.78 is 23.4. The van der Waals surface area contributed by atoms with E-state index in [-0.39, 0.29) is 12.3 Å². The maximum atomic E-state index is 11.5. The van der Waals surface area contributed by atoms with Crippen LogP contribution in [0, 0.1) is 0 Å². The van der Waals surface area contributed by atoms with E-state index in [0.717, 1.165) is 0 Å². The van der Waals surface area contributed by atoms with Gasteiger partial charge in [-0.25, -0.2) is 8.42 Å². The highest BCUT2D eigenvalue weighted by Gasteiger charge is 2.16. The van der Waals surface area contributed by atoms with Gasteiger partial charge in [-0.15, -0.1) is 0 Å². The van der Waals surface area contributed by atoms with Gasteiger partial charge in [0.2, 0.25) is 5.91 Å². The Labute approximate surface area is 108 Å². The molecule has 0 aliphatic heterocycles. The van der Waals surface area contributed by atoms with E-state index in [2.05, 4.69) is 21.2 Å². The molecule has 0 fully saturated rings. The van der Waals surface area contributed by atoms with Crippen LogP contribution in [0.25, 0.3) is 0 Å². The molecule has 3 N–H and O–H groups in total. The topological polar surface area (TPSA) is 89.3 Å². The van der Waals surface area contributed by atoms with Crippen LogP contribution < -0.4 is 11.1 Å². The van der Waals surface area contributed by atoms with Crippen molar-refractivity contribution in [2.45, 2.75) is 0 Å². The predicted octanol–water partition coefficient (Wildman–Crippen LogP) is 0.761. The lowest BCUT2D eigenvalue weighted by molar-refractivity contribution is -0.113. The highest BCUT2D eigenvalue weighted by atomic mass is 79.9. The van der Waals surface area contributed by atoms with Crippen molar-refractivity contribution in [1.82, 2.24) is 0 Å². The molecule has 17 heavy (non-hydrogen) atoms. The number of carbonyl (C=O) groups excluding carboxylic acids is 1. The maximum Gasteiger partial charge on any atom is 0.239 e. The van der Waals surface area contributed by atoms with E-state index >= 15 is 0 Å². The highest BCUT2D eigenvalue weighted by Crippen LogP contribution is 2.20. The third-order valence-corrected chi connectivity index (χ3v) is 4.18. The van der Waals surface area contributed by atoms with Crippen LogP contribution in [-0.4, -0.2) is 32.4 Å². The van der Waals surface area contributed by atoms with Crippen LogP contribution in [0.3, 0.4) is 0 Å². The fraction of sp³-hybridized carbons (Fsp3) is 0.300. The smallest absolute Gasteiger partial charge is 0.239 e. The number of benzene rings is 1. The monoisotopic (exact) mass is 320 g/mol. The molecule has 1 rings (SSSR count). The van der Waals surface area contributed by atoms with E-state index in [1.807, 2.05) is 0 Å². The van der Waals surface area contributed by atoms with Gasteiger partial charge in [0, 0.05) is 11.0 Å². The van der Waals surface area contributed by atoms with E-state index < -0.39 is 21.5 Å². The van der Waals surface area contributed by atoms with Crippen molar-refractivity contribution in [3.8, 4) is 0 Å². The van der Waals surface area contributed by atoms with Crippen LogP contribution in [0.1, 0.15) is 0 Å². The van der Waals surface area contributed by atoms with Gasteiger partial charge >= 0.3 is 0 Å². The number of sulfone groups is 1. The average molecular weight is 321 g/mol. The van der Waals surface area contributed by atoms with Crippen molar-refractivity contribution in [3.63, 3.8) is 0 Å². The number of nitrogens with two attached hydrogens (primary N) is 1. The van der Waals surface area contributed by atoms with Crippen LogP contribution in [0.5, 0.6) is 0 Å². The molecule has 7 heteroatoms. The summed E-state index contributed by atoms with van der Waals surface area (Å²) >= 11 is 3.25. The summed E-state index contributed by atoms with van der Waals surface area (Å²) in [5.41, 5.74) is 5.69. The lowest BCUT2D eigenvalue weighted by Gasteiger charge is -2.07. The number of hydrogen-bond donors (Lipinski definition) is 2. The number of carbonyl (C=O) groups is 1. The zero-order chi connectivity index (χ0) is 12.9. The minimum absolute atomic E-state index is 0.0185. The van der Waals surface area contributed by atoms with Gasteiger partial charge in [-0.2, -0.15) is 0 Å². The lowest BCUT2D eigenvalue weighted by atomic mass is 10.3. The van der Waals surface area contributed by atoms with Crippen molar-refractivity contribution in [3.05, 3.63) is 28.7 Å². The van der Waals surface area contributed by atoms with Crippen LogP contribution >= 0.6 is 15.9 Å². The van der Waals surface area contributed by atoms with Gasteiger partial charge in [0.15, 0.2) is 9.84 Å². The van der Waals surface area contributed by atoms with Gasteiger partial charge < -0.3 is 11.1 Å². The van der Waals surface area contributed by atoms with E-state index in [9.17, 15) is 13.2 Å². The molecule has 1 amide bonds. The molecule has 1 aromatic carbocycles. The van der Waals surface area contributed by atoms with Crippen molar-refractivity contribution in [1.29, 1.82) is 0 Å². The van der Waals surface area contributed by atoms with Crippen molar-refractivity contribution in [2.75, 3.05) is 23.4 Å². The molecular formula is C10H13BrN2O3S. The van der Waals surface area contributed by atoms with Gasteiger partial charge in [-0.1, -0.05) is 12.1 Å². The highest BCUT2D eigenvalue weighted by molar-refractivity contribution is 9.10. The summed E-state index contributed by atoms with van der Waals surface area (Å²) in [7, 11) is -3.42. The number of para-hydroxylation sites is 1. The normalized spacial score (nSPS) is 11.2. The standard InChI is InChI=1S/C10H13BrN2O3S/c11-8-3-1-2-4-9(8)13-10(14)7-17(15,16)6-5-12/h1-4H,5-7,12H2,(H,13,14). The largest absolute Gasteiger partial charge is 0.329 e. The average Bonchev–Trinajstić information content (AvgIpc) is 2.20. The number of amides is 1. The van der Waals surface area contributed by atoms with E-state index in [1.165, 1.54) is 0 Å². The SMILES string of the molecule is NCCS(=O)(=O)CC(=O)Nc1ccccc1Br. The Morgan fingerprint density at radius 2 is 2.00 bits per heavy atom. The summed E-state index contributed by atoms with van der Waals surface area (Å²) in [4.78, 5) is 11.5. The maximum absolute atomic E-state index is 11.5. The van der Waals surface area contributed by atoms with Gasteiger partial charge in [-0.05, 0) is 28.1 Å². The quantitative estimate of drug-likeness (QED) is 0.838. The van der Waals surface area contributed by atoms with Gasteiger partial charge in [0.25, 0.3) is 0 Å². The summed E-state index contributed by atoms with van der Waals surface area (Å²) in [6.45, 7) is 0.0185. The van der Waals surface area contributed by atoms with Crippen LogP contribution in [0.2, 0.25) is 0 Å². The van der Waals surface area contributed by atoms with Gasteiger partial charge in [-0.3, -0.25) is 4.79 Å². The number of anilines is 1. The first-order chi connectivity index (χ1) is 7.94. The molecule has 0 unspecified atom stereocenters. The number of rotatable bonds is 5. The van der Waals surface area contributed by atoms with Crippen molar-refractivity contribution < 1.29 is 13.2 Å². The third-order valence-electron chi connectivity index (χ3n) is 1.93. The molecule has 0 saturated carbocycles. The minimum atomic E-state index is -3.42. The number of nitrogens with one attached hydrogen (secondary N) is 1. The second-order valence-corrected chi connectivity index (χ2v) is 6.45. The molecule has 5 nitrogen and oxygen atoms in total. The zero-order valence-corrected chi connectivity index (χ0v) is 11.4. The fourth-order valence-electron chi connectivity index (χ4n) is 1.20. The Morgan fingerprint density at radius 3 is 2.59 bits per heavy atom. The Bertz CT molecular complexity index is 502. The lowest BCUT2D eigenvalue weighted by Crippen LogP contribution is -2.27. The molecule has 0 saturated heterocycles. The van der Waals surface area contributed by atoms with E-state index in [1.54, 1.807) is 24.3 Å². The summed E-state index contributed by atoms with van der Waals surface area (Å²) in [6, 6.07) is 6.97. The second-order valence-electron chi connectivity index (χ2n) is 3.41. The molecule has 0 spiro atoms. The molecule has 0 radical (unpaired) electrons. The third kappa shape index (κ3) is 4.84. The fourth-order valence-corrected chi connectivity index (χ4v) is 2.56. The first-order valence-electron chi connectivity index (χ1n) is 4.89. The molecule has 0 aliphatic rings. The van der Waals surface area contributed by atoms with Crippen LogP contribution in [0.15, 0.2) is 28.7 Å². The molecule has 0 heterocycles. The molecule has 1 aromatic rings. The summed E-state index contributed by atoms with van der Waals surface area (Å²) in [5, 5.41) is 2.52. The minimum Gasteiger partial charge on any atom is -0.329 e. The molecule has 94 valence electrons. The van der Waals surface area contributed by atoms with Gasteiger partial charge in [0.05, 0.1) is 11.4 Å². The zero-order valence-electron chi connectivity index (χ0n) is 9.02. The van der Waals surface area contributed by atoms with Gasteiger partial charge in [0.1, 0.15) is 5.75 Å². The Balaban J connectivity index is 2.66. The van der Waals surface area contributed by atoms with E-state index in [0.29, 0.717) is 10.2 Å². The predicted molar refractivity (Wildman–Crippen MR) is 70.5 cm³/mol. The molecular weight excluding hydrogens is 308 g/mol. The number of halogens is 1. The van der Waals surface area contributed by atoms with E-state index in [4.69, 9.17) is 5.73 Å². The van der Waals surface area contributed by atoms with Crippen LogP contribution in [0.4, 0.5) is 5.69 Å².